The maximum atomic E-state index is 12.2. The Morgan fingerprint density at radius 1 is 1.50 bits per heavy atom. The zero-order chi connectivity index (χ0) is 15.1. The van der Waals surface area contributed by atoms with Gasteiger partial charge in [-0.15, -0.1) is 0 Å². The lowest BCUT2D eigenvalue weighted by Crippen LogP contribution is -2.37. The van der Waals surface area contributed by atoms with Crippen LogP contribution in [0.25, 0.3) is 0 Å². The standard InChI is InChI=1S/C13H19N3O4/c1-4-9(8-20-3)15-13(17)11-7-10(16(18)19)5-6-12(11)14-2/h5-7,9,14H,4,8H2,1-3H3,(H,15,17). The van der Waals surface area contributed by atoms with Gasteiger partial charge in [0, 0.05) is 32.0 Å². The smallest absolute Gasteiger partial charge is 0.270 e. The molecule has 0 fully saturated rings. The van der Waals surface area contributed by atoms with Gasteiger partial charge in [0.1, 0.15) is 0 Å². The number of hydrogen-bond donors (Lipinski definition) is 2. The molecule has 0 radical (unpaired) electrons. The SMILES string of the molecule is CCC(COC)NC(=O)c1cc([N+](=O)[O-])ccc1NC. The number of hydrogen-bond acceptors (Lipinski definition) is 5. The number of nitro groups is 1. The predicted molar refractivity (Wildman–Crippen MR) is 76.1 cm³/mol. The molecule has 0 aliphatic heterocycles. The van der Waals surface area contributed by atoms with E-state index in [4.69, 9.17) is 4.74 Å². The number of carbonyl (C=O) groups is 1. The number of nitrogens with one attached hydrogen (secondary N) is 2. The zero-order valence-electron chi connectivity index (χ0n) is 11.8. The van der Waals surface area contributed by atoms with Gasteiger partial charge < -0.3 is 15.4 Å². The van der Waals surface area contributed by atoms with Crippen molar-refractivity contribution < 1.29 is 14.5 Å². The molecule has 1 aromatic carbocycles. The molecule has 110 valence electrons. The summed E-state index contributed by atoms with van der Waals surface area (Å²) in [5, 5.41) is 16.4. The molecule has 0 aromatic heterocycles. The summed E-state index contributed by atoms with van der Waals surface area (Å²) >= 11 is 0. The normalized spacial score (nSPS) is 11.8. The Balaban J connectivity index is 3.00. The summed E-state index contributed by atoms with van der Waals surface area (Å²) in [5.74, 6) is -0.359. The van der Waals surface area contributed by atoms with Crippen molar-refractivity contribution in [1.29, 1.82) is 0 Å². The number of nitro benzene ring substituents is 1. The van der Waals surface area contributed by atoms with Crippen molar-refractivity contribution >= 4 is 17.3 Å². The molecule has 0 aliphatic rings. The van der Waals surface area contributed by atoms with E-state index >= 15 is 0 Å². The number of methoxy groups -OCH3 is 1. The van der Waals surface area contributed by atoms with E-state index in [0.29, 0.717) is 18.7 Å². The number of nitrogens with zero attached hydrogens (tertiary/aromatic N) is 1. The first-order valence-electron chi connectivity index (χ1n) is 6.29. The van der Waals surface area contributed by atoms with Gasteiger partial charge in [-0.2, -0.15) is 0 Å². The monoisotopic (exact) mass is 281 g/mol. The van der Waals surface area contributed by atoms with Gasteiger partial charge in [-0.3, -0.25) is 14.9 Å². The maximum absolute atomic E-state index is 12.2. The van der Waals surface area contributed by atoms with Gasteiger partial charge in [-0.25, -0.2) is 0 Å². The molecule has 0 saturated heterocycles. The van der Waals surface area contributed by atoms with Crippen molar-refractivity contribution in [2.45, 2.75) is 19.4 Å². The van der Waals surface area contributed by atoms with Gasteiger partial charge in [0.2, 0.25) is 0 Å². The van der Waals surface area contributed by atoms with Crippen LogP contribution in [0, 0.1) is 10.1 Å². The number of carbonyl (C=O) groups excluding carboxylic acids is 1. The summed E-state index contributed by atoms with van der Waals surface area (Å²) in [6, 6.07) is 4.01. The lowest BCUT2D eigenvalue weighted by atomic mass is 10.1. The highest BCUT2D eigenvalue weighted by molar-refractivity contribution is 6.00. The summed E-state index contributed by atoms with van der Waals surface area (Å²) in [6.07, 6.45) is 0.712. The minimum absolute atomic E-state index is 0.117. The quantitative estimate of drug-likeness (QED) is 0.587. The second-order valence-corrected chi connectivity index (χ2v) is 4.27. The summed E-state index contributed by atoms with van der Waals surface area (Å²) in [4.78, 5) is 22.5. The molecule has 0 heterocycles. The molecule has 7 nitrogen and oxygen atoms in total. The highest BCUT2D eigenvalue weighted by Gasteiger charge is 2.18. The largest absolute Gasteiger partial charge is 0.387 e. The summed E-state index contributed by atoms with van der Waals surface area (Å²) in [7, 11) is 3.21. The van der Waals surface area contributed by atoms with Crippen LogP contribution in [0.15, 0.2) is 18.2 Å². The Kier molecular flexibility index (Phi) is 5.92. The first-order chi connectivity index (χ1) is 9.53. The third-order valence-electron chi connectivity index (χ3n) is 2.92. The van der Waals surface area contributed by atoms with Crippen molar-refractivity contribution in [1.82, 2.24) is 5.32 Å². The maximum Gasteiger partial charge on any atom is 0.270 e. The summed E-state index contributed by atoms with van der Waals surface area (Å²) in [6.45, 7) is 2.32. The number of rotatable bonds is 7. The van der Waals surface area contributed by atoms with Crippen molar-refractivity contribution in [3.05, 3.63) is 33.9 Å². The van der Waals surface area contributed by atoms with E-state index in [9.17, 15) is 14.9 Å². The van der Waals surface area contributed by atoms with Gasteiger partial charge in [0.25, 0.3) is 11.6 Å². The third-order valence-corrected chi connectivity index (χ3v) is 2.92. The average molecular weight is 281 g/mol. The summed E-state index contributed by atoms with van der Waals surface area (Å²) in [5.41, 5.74) is 0.672. The zero-order valence-corrected chi connectivity index (χ0v) is 11.8. The minimum atomic E-state index is -0.525. The molecule has 2 N–H and O–H groups in total. The Bertz CT molecular complexity index is 491. The fourth-order valence-corrected chi connectivity index (χ4v) is 1.78. The predicted octanol–water partition coefficient (Wildman–Crippen LogP) is 1.79. The molecule has 1 amide bonds. The van der Waals surface area contributed by atoms with E-state index in [1.807, 2.05) is 6.92 Å². The molecule has 1 aromatic rings. The lowest BCUT2D eigenvalue weighted by Gasteiger charge is -2.17. The lowest BCUT2D eigenvalue weighted by molar-refractivity contribution is -0.384. The molecular weight excluding hydrogens is 262 g/mol. The van der Waals surface area contributed by atoms with Crippen LogP contribution in [0.2, 0.25) is 0 Å². The van der Waals surface area contributed by atoms with E-state index in [2.05, 4.69) is 10.6 Å². The molecule has 0 spiro atoms. The summed E-state index contributed by atoms with van der Waals surface area (Å²) < 4.78 is 5.01. The first kappa shape index (κ1) is 15.9. The molecule has 1 atom stereocenters. The highest BCUT2D eigenvalue weighted by atomic mass is 16.6. The van der Waals surface area contributed by atoms with Crippen molar-refractivity contribution in [3.63, 3.8) is 0 Å². The Hall–Kier alpha value is -2.15. The van der Waals surface area contributed by atoms with E-state index in [0.717, 1.165) is 0 Å². The molecule has 1 unspecified atom stereocenters. The van der Waals surface area contributed by atoms with Crippen LogP contribution >= 0.6 is 0 Å². The number of amides is 1. The highest BCUT2D eigenvalue weighted by Crippen LogP contribution is 2.21. The molecule has 7 heteroatoms. The van der Waals surface area contributed by atoms with Crippen LogP contribution in [-0.2, 0) is 4.74 Å². The molecular formula is C13H19N3O4. The Morgan fingerprint density at radius 3 is 2.70 bits per heavy atom. The van der Waals surface area contributed by atoms with E-state index in [-0.39, 0.29) is 23.2 Å². The van der Waals surface area contributed by atoms with Gasteiger partial charge in [0.05, 0.1) is 23.1 Å². The molecule has 20 heavy (non-hydrogen) atoms. The molecule has 0 saturated carbocycles. The Labute approximate surface area is 117 Å². The van der Waals surface area contributed by atoms with Gasteiger partial charge >= 0.3 is 0 Å². The van der Waals surface area contributed by atoms with E-state index in [1.54, 1.807) is 14.2 Å². The minimum Gasteiger partial charge on any atom is -0.387 e. The van der Waals surface area contributed by atoms with Crippen molar-refractivity contribution in [3.8, 4) is 0 Å². The number of non-ortho nitro benzene ring substituents is 1. The molecule has 1 rings (SSSR count). The van der Waals surface area contributed by atoms with E-state index < -0.39 is 4.92 Å². The second kappa shape index (κ2) is 7.44. The van der Waals surface area contributed by atoms with Crippen LogP contribution in [0.3, 0.4) is 0 Å². The van der Waals surface area contributed by atoms with E-state index in [1.165, 1.54) is 18.2 Å². The average Bonchev–Trinajstić information content (AvgIpc) is 2.45. The fraction of sp³-hybridized carbons (Fsp3) is 0.462. The van der Waals surface area contributed by atoms with Crippen LogP contribution in [0.5, 0.6) is 0 Å². The molecule has 0 bridgehead atoms. The molecule has 0 aliphatic carbocycles. The van der Waals surface area contributed by atoms with Crippen molar-refractivity contribution in [2.75, 3.05) is 26.1 Å². The van der Waals surface area contributed by atoms with Crippen molar-refractivity contribution in [2.24, 2.45) is 0 Å². The van der Waals surface area contributed by atoms with Crippen LogP contribution in [0.4, 0.5) is 11.4 Å². The van der Waals surface area contributed by atoms with Crippen LogP contribution in [0.1, 0.15) is 23.7 Å². The third kappa shape index (κ3) is 3.92. The number of ether oxygens (including phenoxy) is 1. The number of benzene rings is 1. The topological polar surface area (TPSA) is 93.5 Å². The van der Waals surface area contributed by atoms with Crippen LogP contribution in [-0.4, -0.2) is 37.6 Å². The van der Waals surface area contributed by atoms with Gasteiger partial charge in [-0.05, 0) is 12.5 Å². The fourth-order valence-electron chi connectivity index (χ4n) is 1.78. The Morgan fingerprint density at radius 2 is 2.20 bits per heavy atom. The van der Waals surface area contributed by atoms with Crippen LogP contribution < -0.4 is 10.6 Å². The first-order valence-corrected chi connectivity index (χ1v) is 6.29. The van der Waals surface area contributed by atoms with Gasteiger partial charge in [-0.1, -0.05) is 6.92 Å². The second-order valence-electron chi connectivity index (χ2n) is 4.27. The number of anilines is 1. The van der Waals surface area contributed by atoms with Gasteiger partial charge in [0.15, 0.2) is 0 Å².